The van der Waals surface area contributed by atoms with Gasteiger partial charge in [0.05, 0.1) is 0 Å². The van der Waals surface area contributed by atoms with Crippen LogP contribution in [0.2, 0.25) is 0 Å². The highest BCUT2D eigenvalue weighted by molar-refractivity contribution is 5.97. The summed E-state index contributed by atoms with van der Waals surface area (Å²) in [5.74, 6) is -0.541. The number of nitrogens with one attached hydrogen (secondary N) is 1. The molecule has 0 saturated heterocycles. The maximum atomic E-state index is 13.5. The van der Waals surface area contributed by atoms with Crippen LogP contribution in [0.3, 0.4) is 0 Å². The molecule has 1 unspecified atom stereocenters. The summed E-state index contributed by atoms with van der Waals surface area (Å²) < 4.78 is 13.5. The van der Waals surface area contributed by atoms with Gasteiger partial charge in [0, 0.05) is 30.5 Å². The van der Waals surface area contributed by atoms with Gasteiger partial charge in [-0.15, -0.1) is 0 Å². The number of amidine groups is 1. The molecule has 0 amide bonds. The minimum atomic E-state index is -0.426. The third-order valence-electron chi connectivity index (χ3n) is 3.16. The van der Waals surface area contributed by atoms with Crippen LogP contribution in [0.5, 0.6) is 0 Å². The van der Waals surface area contributed by atoms with E-state index in [9.17, 15) is 4.39 Å². The summed E-state index contributed by atoms with van der Waals surface area (Å²) in [6, 6.07) is 8.24. The third kappa shape index (κ3) is 4.00. The Labute approximate surface area is 122 Å². The first-order valence-electron chi connectivity index (χ1n) is 6.51. The zero-order chi connectivity index (χ0) is 15.2. The topological polar surface area (TPSA) is 83.5 Å². The van der Waals surface area contributed by atoms with Crippen LogP contribution in [0, 0.1) is 5.82 Å². The second kappa shape index (κ2) is 6.81. The largest absolute Gasteiger partial charge is 0.409 e. The van der Waals surface area contributed by atoms with Crippen LogP contribution >= 0.6 is 0 Å². The van der Waals surface area contributed by atoms with Gasteiger partial charge in [-0.1, -0.05) is 11.2 Å². The van der Waals surface area contributed by atoms with Crippen LogP contribution in [-0.4, -0.2) is 16.0 Å². The average molecular weight is 288 g/mol. The van der Waals surface area contributed by atoms with E-state index in [2.05, 4.69) is 15.5 Å². The molecule has 0 aliphatic carbocycles. The third-order valence-corrected chi connectivity index (χ3v) is 3.16. The Morgan fingerprint density at radius 1 is 1.48 bits per heavy atom. The molecule has 0 fully saturated rings. The van der Waals surface area contributed by atoms with Gasteiger partial charge in [-0.05, 0) is 42.3 Å². The Morgan fingerprint density at radius 3 is 2.95 bits per heavy atom. The van der Waals surface area contributed by atoms with Crippen molar-refractivity contribution in [3.63, 3.8) is 0 Å². The average Bonchev–Trinajstić information content (AvgIpc) is 2.52. The number of hydrogen-bond donors (Lipinski definition) is 3. The van der Waals surface area contributed by atoms with Gasteiger partial charge in [0.25, 0.3) is 0 Å². The van der Waals surface area contributed by atoms with Crippen molar-refractivity contribution in [2.45, 2.75) is 19.5 Å². The molecule has 2 aromatic rings. The minimum absolute atomic E-state index is 0.0780. The first kappa shape index (κ1) is 14.9. The fraction of sp³-hybridized carbons (Fsp3) is 0.200. The second-order valence-corrected chi connectivity index (χ2v) is 4.72. The highest BCUT2D eigenvalue weighted by Crippen LogP contribution is 2.13. The number of aromatic nitrogens is 1. The molecule has 0 aliphatic rings. The van der Waals surface area contributed by atoms with Crippen LogP contribution in [0.25, 0.3) is 0 Å². The highest BCUT2D eigenvalue weighted by Gasteiger charge is 2.08. The van der Waals surface area contributed by atoms with Gasteiger partial charge in [-0.2, -0.15) is 0 Å². The Kier molecular flexibility index (Phi) is 4.84. The summed E-state index contributed by atoms with van der Waals surface area (Å²) in [4.78, 5) is 4.06. The van der Waals surface area contributed by atoms with Crippen molar-refractivity contribution in [3.8, 4) is 0 Å². The minimum Gasteiger partial charge on any atom is -0.409 e. The molecule has 2 rings (SSSR count). The number of rotatable bonds is 5. The van der Waals surface area contributed by atoms with E-state index in [1.807, 2.05) is 19.1 Å². The van der Waals surface area contributed by atoms with Crippen LogP contribution in [-0.2, 0) is 6.54 Å². The van der Waals surface area contributed by atoms with E-state index in [1.54, 1.807) is 18.5 Å². The van der Waals surface area contributed by atoms with E-state index < -0.39 is 5.82 Å². The van der Waals surface area contributed by atoms with Crippen molar-refractivity contribution in [3.05, 3.63) is 65.2 Å². The van der Waals surface area contributed by atoms with Crippen LogP contribution in [0.4, 0.5) is 4.39 Å². The van der Waals surface area contributed by atoms with E-state index in [1.165, 1.54) is 12.1 Å². The van der Waals surface area contributed by atoms with E-state index in [4.69, 9.17) is 10.9 Å². The molecule has 0 radical (unpaired) electrons. The Balaban J connectivity index is 2.08. The molecule has 0 bridgehead atoms. The summed E-state index contributed by atoms with van der Waals surface area (Å²) in [7, 11) is 0. The van der Waals surface area contributed by atoms with Crippen molar-refractivity contribution in [1.82, 2.24) is 10.3 Å². The van der Waals surface area contributed by atoms with E-state index >= 15 is 0 Å². The molecule has 110 valence electrons. The van der Waals surface area contributed by atoms with Gasteiger partial charge in [-0.3, -0.25) is 4.98 Å². The van der Waals surface area contributed by atoms with Crippen molar-refractivity contribution >= 4 is 5.84 Å². The summed E-state index contributed by atoms with van der Waals surface area (Å²) in [5, 5.41) is 14.8. The standard InChI is InChI=1S/C15H17FN4O/c1-10(12-3-2-4-18-9-12)19-8-11-5-13(15(17)20-21)7-14(16)6-11/h2-7,9-10,19,21H,8H2,1H3,(H2,17,20). The summed E-state index contributed by atoms with van der Waals surface area (Å²) in [5.41, 5.74) is 7.60. The van der Waals surface area contributed by atoms with Gasteiger partial charge < -0.3 is 16.3 Å². The van der Waals surface area contributed by atoms with Gasteiger partial charge in [0.2, 0.25) is 0 Å². The molecular formula is C15H17FN4O. The van der Waals surface area contributed by atoms with Crippen LogP contribution < -0.4 is 11.1 Å². The number of nitrogens with zero attached hydrogens (tertiary/aromatic N) is 2. The zero-order valence-corrected chi connectivity index (χ0v) is 11.6. The number of hydrogen-bond acceptors (Lipinski definition) is 4. The van der Waals surface area contributed by atoms with Crippen LogP contribution in [0.1, 0.15) is 29.7 Å². The van der Waals surface area contributed by atoms with Gasteiger partial charge in [-0.25, -0.2) is 4.39 Å². The lowest BCUT2D eigenvalue weighted by molar-refractivity contribution is 0.318. The summed E-state index contributed by atoms with van der Waals surface area (Å²) >= 11 is 0. The molecule has 1 aromatic carbocycles. The lowest BCUT2D eigenvalue weighted by atomic mass is 10.1. The maximum Gasteiger partial charge on any atom is 0.170 e. The molecule has 6 heteroatoms. The normalized spacial score (nSPS) is 13.1. The number of nitrogens with two attached hydrogens (primary N) is 1. The van der Waals surface area contributed by atoms with Crippen molar-refractivity contribution in [2.24, 2.45) is 10.9 Å². The lowest BCUT2D eigenvalue weighted by Gasteiger charge is -2.14. The van der Waals surface area contributed by atoms with E-state index in [0.29, 0.717) is 17.7 Å². The van der Waals surface area contributed by atoms with E-state index in [-0.39, 0.29) is 11.9 Å². The molecule has 1 heterocycles. The lowest BCUT2D eigenvalue weighted by Crippen LogP contribution is -2.19. The highest BCUT2D eigenvalue weighted by atomic mass is 19.1. The first-order valence-corrected chi connectivity index (χ1v) is 6.51. The summed E-state index contributed by atoms with van der Waals surface area (Å²) in [6.07, 6.45) is 3.50. The number of oxime groups is 1. The number of pyridine rings is 1. The fourth-order valence-electron chi connectivity index (χ4n) is 1.98. The van der Waals surface area contributed by atoms with Gasteiger partial charge in [0.15, 0.2) is 5.84 Å². The predicted octanol–water partition coefficient (Wildman–Crippen LogP) is 2.17. The Hall–Kier alpha value is -2.47. The predicted molar refractivity (Wildman–Crippen MR) is 78.4 cm³/mol. The maximum absolute atomic E-state index is 13.5. The molecule has 1 atom stereocenters. The molecule has 4 N–H and O–H groups in total. The second-order valence-electron chi connectivity index (χ2n) is 4.72. The molecule has 0 spiro atoms. The Morgan fingerprint density at radius 2 is 2.29 bits per heavy atom. The molecule has 5 nitrogen and oxygen atoms in total. The molecule has 21 heavy (non-hydrogen) atoms. The fourth-order valence-corrected chi connectivity index (χ4v) is 1.98. The van der Waals surface area contributed by atoms with Crippen molar-refractivity contribution in [1.29, 1.82) is 0 Å². The monoisotopic (exact) mass is 288 g/mol. The molecule has 0 saturated carbocycles. The summed E-state index contributed by atoms with van der Waals surface area (Å²) in [6.45, 7) is 2.46. The number of benzene rings is 1. The Bertz CT molecular complexity index is 631. The van der Waals surface area contributed by atoms with Crippen LogP contribution in [0.15, 0.2) is 47.9 Å². The van der Waals surface area contributed by atoms with Gasteiger partial charge in [0.1, 0.15) is 5.82 Å². The van der Waals surface area contributed by atoms with E-state index in [0.717, 1.165) is 5.56 Å². The smallest absolute Gasteiger partial charge is 0.170 e. The zero-order valence-electron chi connectivity index (χ0n) is 11.6. The molecule has 1 aromatic heterocycles. The molecular weight excluding hydrogens is 271 g/mol. The number of halogens is 1. The molecule has 0 aliphatic heterocycles. The van der Waals surface area contributed by atoms with Crippen molar-refractivity contribution in [2.75, 3.05) is 0 Å². The first-order chi connectivity index (χ1) is 10.1. The SMILES string of the molecule is CC(NCc1cc(F)cc(/C(N)=N/O)c1)c1cccnc1. The quantitative estimate of drug-likeness (QED) is 0.341. The van der Waals surface area contributed by atoms with Gasteiger partial charge >= 0.3 is 0 Å². The van der Waals surface area contributed by atoms with Crippen molar-refractivity contribution < 1.29 is 9.60 Å².